The lowest BCUT2D eigenvalue weighted by Gasteiger charge is -2.18. The van der Waals surface area contributed by atoms with E-state index in [-0.39, 0.29) is 12.0 Å². The van der Waals surface area contributed by atoms with E-state index in [1.807, 2.05) is 0 Å². The maximum atomic E-state index is 11.1. The van der Waals surface area contributed by atoms with Gasteiger partial charge in [0.2, 0.25) is 0 Å². The summed E-state index contributed by atoms with van der Waals surface area (Å²) in [6, 6.07) is 8.97. The number of hydrogen-bond donors (Lipinski definition) is 1. The molecule has 0 aromatic heterocycles. The number of nitrogens with one attached hydrogen (secondary N) is 1. The highest BCUT2D eigenvalue weighted by Crippen LogP contribution is 2.19. The van der Waals surface area contributed by atoms with E-state index in [2.05, 4.69) is 48.2 Å². The molecule has 0 radical (unpaired) electrons. The summed E-state index contributed by atoms with van der Waals surface area (Å²) in [5.74, 6) is 1.11. The fourth-order valence-electron chi connectivity index (χ4n) is 1.82. The van der Waals surface area contributed by atoms with Gasteiger partial charge in [-0.05, 0) is 24.1 Å². The van der Waals surface area contributed by atoms with Crippen LogP contribution in [-0.4, -0.2) is 31.1 Å². The van der Waals surface area contributed by atoms with E-state index in [0.717, 1.165) is 18.7 Å². The molecule has 0 aliphatic rings. The normalized spacial score (nSPS) is 12.2. The van der Waals surface area contributed by atoms with Crippen LogP contribution in [-0.2, 0) is 16.0 Å². The first kappa shape index (κ1) is 16.1. The number of aryl methyl sites for hydroxylation is 1. The van der Waals surface area contributed by atoms with Crippen molar-refractivity contribution in [2.75, 3.05) is 25.2 Å². The minimum absolute atomic E-state index is 0.165. The summed E-state index contributed by atoms with van der Waals surface area (Å²) in [5.41, 5.74) is 2.62. The smallest absolute Gasteiger partial charge is 0.315 e. The first-order valence-corrected chi connectivity index (χ1v) is 7.83. The quantitative estimate of drug-likeness (QED) is 0.744. The zero-order valence-corrected chi connectivity index (χ0v) is 12.8. The number of methoxy groups -OCH3 is 1. The molecule has 0 amide bonds. The van der Waals surface area contributed by atoms with Gasteiger partial charge in [-0.1, -0.05) is 38.1 Å². The topological polar surface area (TPSA) is 38.3 Å². The first-order valence-electron chi connectivity index (χ1n) is 6.68. The van der Waals surface area contributed by atoms with Crippen molar-refractivity contribution in [3.8, 4) is 0 Å². The fourth-order valence-corrected chi connectivity index (χ4v) is 2.77. The van der Waals surface area contributed by atoms with Crippen molar-refractivity contribution in [1.29, 1.82) is 0 Å². The minimum atomic E-state index is -0.165. The Hall–Kier alpha value is -1.00. The molecule has 1 rings (SSSR count). The summed E-state index contributed by atoms with van der Waals surface area (Å²) in [5, 5.41) is 3.46. The van der Waals surface area contributed by atoms with Crippen molar-refractivity contribution in [2.24, 2.45) is 0 Å². The lowest BCUT2D eigenvalue weighted by molar-refractivity contribution is -0.137. The van der Waals surface area contributed by atoms with Crippen LogP contribution < -0.4 is 5.32 Å². The van der Waals surface area contributed by atoms with E-state index < -0.39 is 0 Å². The molecular weight excluding hydrogens is 258 g/mol. The van der Waals surface area contributed by atoms with Crippen LogP contribution in [0.3, 0.4) is 0 Å². The lowest BCUT2D eigenvalue weighted by atomic mass is 10.1. The Morgan fingerprint density at radius 1 is 1.32 bits per heavy atom. The Kier molecular flexibility index (Phi) is 7.60. The standard InChI is InChI=1S/C15H23NO2S/c1-4-12-6-8-13(9-7-12)14(16-5-2)10-19-11-15(17)18-3/h6-9,14,16H,4-5,10-11H2,1-3H3. The van der Waals surface area contributed by atoms with Gasteiger partial charge in [-0.25, -0.2) is 0 Å². The first-order chi connectivity index (χ1) is 9.21. The molecule has 1 atom stereocenters. The molecule has 4 heteroatoms. The van der Waals surface area contributed by atoms with Crippen molar-refractivity contribution >= 4 is 17.7 Å². The van der Waals surface area contributed by atoms with Gasteiger partial charge >= 0.3 is 5.97 Å². The van der Waals surface area contributed by atoms with Crippen LogP contribution in [0.5, 0.6) is 0 Å². The molecule has 0 heterocycles. The molecule has 0 fully saturated rings. The molecule has 3 nitrogen and oxygen atoms in total. The second-order valence-electron chi connectivity index (χ2n) is 4.30. The third-order valence-corrected chi connectivity index (χ3v) is 3.98. The number of ether oxygens (including phenoxy) is 1. The van der Waals surface area contributed by atoms with Crippen molar-refractivity contribution in [2.45, 2.75) is 26.3 Å². The van der Waals surface area contributed by atoms with Crippen molar-refractivity contribution in [3.63, 3.8) is 0 Å². The molecule has 1 N–H and O–H groups in total. The van der Waals surface area contributed by atoms with Gasteiger partial charge < -0.3 is 10.1 Å². The summed E-state index contributed by atoms with van der Waals surface area (Å²) in [6.45, 7) is 5.17. The predicted molar refractivity (Wildman–Crippen MR) is 81.6 cm³/mol. The maximum Gasteiger partial charge on any atom is 0.315 e. The number of thioether (sulfide) groups is 1. The molecule has 0 spiro atoms. The Bertz CT molecular complexity index is 378. The number of carbonyl (C=O) groups is 1. The average Bonchev–Trinajstić information content (AvgIpc) is 2.46. The van der Waals surface area contributed by atoms with E-state index in [4.69, 9.17) is 0 Å². The Morgan fingerprint density at radius 3 is 2.53 bits per heavy atom. The third kappa shape index (κ3) is 5.66. The van der Waals surface area contributed by atoms with Crippen LogP contribution in [0, 0.1) is 0 Å². The van der Waals surface area contributed by atoms with Crippen molar-refractivity contribution in [1.82, 2.24) is 5.32 Å². The van der Waals surface area contributed by atoms with Gasteiger partial charge in [-0.2, -0.15) is 0 Å². The van der Waals surface area contributed by atoms with Crippen LogP contribution in [0.2, 0.25) is 0 Å². The van der Waals surface area contributed by atoms with E-state index in [1.54, 1.807) is 11.8 Å². The number of carbonyl (C=O) groups excluding carboxylic acids is 1. The highest BCUT2D eigenvalue weighted by molar-refractivity contribution is 7.99. The largest absolute Gasteiger partial charge is 0.468 e. The molecule has 0 aliphatic carbocycles. The molecule has 0 aliphatic heterocycles. The van der Waals surface area contributed by atoms with E-state index in [1.165, 1.54) is 18.2 Å². The Labute approximate surface area is 120 Å². The number of benzene rings is 1. The van der Waals surface area contributed by atoms with E-state index >= 15 is 0 Å². The zero-order chi connectivity index (χ0) is 14.1. The molecule has 19 heavy (non-hydrogen) atoms. The molecule has 0 saturated carbocycles. The molecule has 106 valence electrons. The van der Waals surface area contributed by atoms with Gasteiger partial charge in [-0.3, -0.25) is 4.79 Å². The van der Waals surface area contributed by atoms with Gasteiger partial charge in [0.15, 0.2) is 0 Å². The van der Waals surface area contributed by atoms with Crippen molar-refractivity contribution < 1.29 is 9.53 Å². The van der Waals surface area contributed by atoms with Gasteiger partial charge in [0.25, 0.3) is 0 Å². The summed E-state index contributed by atoms with van der Waals surface area (Å²) in [4.78, 5) is 11.1. The zero-order valence-electron chi connectivity index (χ0n) is 11.9. The van der Waals surface area contributed by atoms with Crippen LogP contribution in [0.1, 0.15) is 31.0 Å². The third-order valence-electron chi connectivity index (χ3n) is 2.97. The second kappa shape index (κ2) is 8.99. The minimum Gasteiger partial charge on any atom is -0.468 e. The van der Waals surface area contributed by atoms with Crippen molar-refractivity contribution in [3.05, 3.63) is 35.4 Å². The Balaban J connectivity index is 2.57. The summed E-state index contributed by atoms with van der Waals surface area (Å²) >= 11 is 1.60. The van der Waals surface area contributed by atoms with Crippen LogP contribution in [0.25, 0.3) is 0 Å². The fraction of sp³-hybridized carbons (Fsp3) is 0.533. The maximum absolute atomic E-state index is 11.1. The molecule has 1 aromatic carbocycles. The van der Waals surface area contributed by atoms with E-state index in [9.17, 15) is 4.79 Å². The van der Waals surface area contributed by atoms with Gasteiger partial charge in [-0.15, -0.1) is 11.8 Å². The number of hydrogen-bond acceptors (Lipinski definition) is 4. The summed E-state index contributed by atoms with van der Waals surface area (Å²) in [7, 11) is 1.42. The van der Waals surface area contributed by atoms with Crippen LogP contribution >= 0.6 is 11.8 Å². The summed E-state index contributed by atoms with van der Waals surface area (Å²) < 4.78 is 4.65. The monoisotopic (exact) mass is 281 g/mol. The molecular formula is C15H23NO2S. The number of esters is 1. The molecule has 1 unspecified atom stereocenters. The van der Waals surface area contributed by atoms with Gasteiger partial charge in [0.1, 0.15) is 0 Å². The highest BCUT2D eigenvalue weighted by atomic mass is 32.2. The highest BCUT2D eigenvalue weighted by Gasteiger charge is 2.11. The lowest BCUT2D eigenvalue weighted by Crippen LogP contribution is -2.23. The number of rotatable bonds is 8. The SMILES string of the molecule is CCNC(CSCC(=O)OC)c1ccc(CC)cc1. The molecule has 0 saturated heterocycles. The van der Waals surface area contributed by atoms with Gasteiger partial charge in [0.05, 0.1) is 12.9 Å². The molecule has 0 bridgehead atoms. The summed E-state index contributed by atoms with van der Waals surface area (Å²) in [6.07, 6.45) is 1.06. The Morgan fingerprint density at radius 2 is 2.00 bits per heavy atom. The molecule has 1 aromatic rings. The van der Waals surface area contributed by atoms with E-state index in [0.29, 0.717) is 5.75 Å². The second-order valence-corrected chi connectivity index (χ2v) is 5.33. The van der Waals surface area contributed by atoms with Crippen LogP contribution in [0.4, 0.5) is 0 Å². The van der Waals surface area contributed by atoms with Crippen LogP contribution in [0.15, 0.2) is 24.3 Å². The van der Waals surface area contributed by atoms with Gasteiger partial charge in [0, 0.05) is 11.8 Å². The predicted octanol–water partition coefficient (Wildman–Crippen LogP) is 2.81. The average molecular weight is 281 g/mol.